The number of hydrogen-bond acceptors (Lipinski definition) is 5. The monoisotopic (exact) mass is 467 g/mol. The third-order valence-electron chi connectivity index (χ3n) is 6.29. The molecule has 170 valence electrons. The van der Waals surface area contributed by atoms with Gasteiger partial charge in [0.15, 0.2) is 0 Å². The van der Waals surface area contributed by atoms with Crippen molar-refractivity contribution in [2.24, 2.45) is 14.1 Å². The van der Waals surface area contributed by atoms with Crippen LogP contribution in [0.25, 0.3) is 22.2 Å². The Hall–Kier alpha value is -3.10. The van der Waals surface area contributed by atoms with Crippen molar-refractivity contribution in [1.82, 2.24) is 24.3 Å². The summed E-state index contributed by atoms with van der Waals surface area (Å²) in [5.74, 6) is 0.109. The minimum absolute atomic E-state index is 0.0635. The molecule has 4 heterocycles. The molecule has 1 aliphatic heterocycles. The van der Waals surface area contributed by atoms with Crippen LogP contribution in [0.3, 0.4) is 0 Å². The van der Waals surface area contributed by atoms with Crippen molar-refractivity contribution in [1.29, 1.82) is 0 Å². The molecular formula is C24H23ClFN5O2. The topological polar surface area (TPSA) is 74.8 Å². The number of halogens is 2. The summed E-state index contributed by atoms with van der Waals surface area (Å²) in [4.78, 5) is 22.6. The maximum atomic E-state index is 15.0. The maximum Gasteiger partial charge on any atom is 0.263 e. The summed E-state index contributed by atoms with van der Waals surface area (Å²) in [6, 6.07) is 6.25. The van der Waals surface area contributed by atoms with E-state index in [-0.39, 0.29) is 33.9 Å². The van der Waals surface area contributed by atoms with Crippen LogP contribution in [-0.4, -0.2) is 30.9 Å². The lowest BCUT2D eigenvalue weighted by Crippen LogP contribution is -2.23. The molecule has 0 bridgehead atoms. The first kappa shape index (κ1) is 21.7. The molecule has 0 amide bonds. The number of nitrogens with zero attached hydrogens (tertiary/aromatic N) is 5. The van der Waals surface area contributed by atoms with E-state index in [1.165, 1.54) is 10.6 Å². The summed E-state index contributed by atoms with van der Waals surface area (Å²) < 4.78 is 24.1. The van der Waals surface area contributed by atoms with Crippen molar-refractivity contribution in [3.05, 3.63) is 74.9 Å². The van der Waals surface area contributed by atoms with E-state index >= 15 is 0 Å². The number of benzene rings is 1. The van der Waals surface area contributed by atoms with Gasteiger partial charge < -0.3 is 4.74 Å². The molecule has 1 fully saturated rings. The molecule has 0 N–H and O–H groups in total. The number of aryl methyl sites for hydroxylation is 2. The van der Waals surface area contributed by atoms with Crippen LogP contribution >= 0.6 is 11.6 Å². The zero-order valence-electron chi connectivity index (χ0n) is 18.5. The molecule has 1 aromatic carbocycles. The molecule has 0 radical (unpaired) electrons. The second kappa shape index (κ2) is 8.35. The Bertz CT molecular complexity index is 1430. The lowest BCUT2D eigenvalue weighted by molar-refractivity contribution is 0.00464. The molecule has 2 atom stereocenters. The van der Waals surface area contributed by atoms with E-state index in [0.717, 1.165) is 17.7 Å². The normalized spacial score (nSPS) is 18.7. The zero-order valence-corrected chi connectivity index (χ0v) is 19.3. The summed E-state index contributed by atoms with van der Waals surface area (Å²) in [5.41, 5.74) is 2.54. The van der Waals surface area contributed by atoms with Crippen molar-refractivity contribution >= 4 is 22.5 Å². The fourth-order valence-corrected chi connectivity index (χ4v) is 4.56. The standard InChI is InChI=1S/C24H23ClFN5O2/c1-13-28-20-10-19(14-6-7-33-21(8-14)15-11-27-30(2)12-15)29-23(22(20)24(32)31(13)3)17-5-4-16(25)9-18(17)26/h4-5,9-12,14,21H,6-8H2,1-3H3/t14-,21+/m0/s1. The maximum absolute atomic E-state index is 15.0. The number of rotatable bonds is 3. The molecule has 1 saturated heterocycles. The van der Waals surface area contributed by atoms with Gasteiger partial charge in [-0.3, -0.25) is 19.0 Å². The van der Waals surface area contributed by atoms with Crippen molar-refractivity contribution in [3.63, 3.8) is 0 Å². The highest BCUT2D eigenvalue weighted by Crippen LogP contribution is 2.39. The second-order valence-electron chi connectivity index (χ2n) is 8.47. The lowest BCUT2D eigenvalue weighted by Gasteiger charge is -2.29. The molecule has 0 unspecified atom stereocenters. The van der Waals surface area contributed by atoms with Gasteiger partial charge >= 0.3 is 0 Å². The fourth-order valence-electron chi connectivity index (χ4n) is 4.40. The van der Waals surface area contributed by atoms with Crippen molar-refractivity contribution < 1.29 is 9.13 Å². The average molecular weight is 468 g/mol. The first-order valence-electron chi connectivity index (χ1n) is 10.8. The van der Waals surface area contributed by atoms with Crippen LogP contribution < -0.4 is 5.56 Å². The zero-order chi connectivity index (χ0) is 23.3. The summed E-state index contributed by atoms with van der Waals surface area (Å²) >= 11 is 5.97. The first-order chi connectivity index (χ1) is 15.8. The van der Waals surface area contributed by atoms with Gasteiger partial charge in [-0.25, -0.2) is 9.37 Å². The molecule has 3 aromatic heterocycles. The smallest absolute Gasteiger partial charge is 0.263 e. The Kier molecular flexibility index (Phi) is 5.50. The van der Waals surface area contributed by atoms with Crippen molar-refractivity contribution in [2.45, 2.75) is 31.8 Å². The third kappa shape index (κ3) is 3.94. The number of hydrogen-bond donors (Lipinski definition) is 0. The van der Waals surface area contributed by atoms with Crippen LogP contribution in [0, 0.1) is 12.7 Å². The molecular weight excluding hydrogens is 445 g/mol. The molecule has 9 heteroatoms. The lowest BCUT2D eigenvalue weighted by atomic mass is 9.89. The summed E-state index contributed by atoms with van der Waals surface area (Å²) in [5, 5.41) is 4.83. The van der Waals surface area contributed by atoms with E-state index in [1.54, 1.807) is 30.8 Å². The summed E-state index contributed by atoms with van der Waals surface area (Å²) in [6.07, 6.45) is 5.12. The van der Waals surface area contributed by atoms with Gasteiger partial charge in [-0.05, 0) is 44.0 Å². The molecule has 0 aliphatic carbocycles. The van der Waals surface area contributed by atoms with Crippen LogP contribution in [0.5, 0.6) is 0 Å². The highest BCUT2D eigenvalue weighted by Gasteiger charge is 2.28. The number of pyridine rings is 1. The second-order valence-corrected chi connectivity index (χ2v) is 8.90. The Balaban J connectivity index is 1.67. The predicted octanol–water partition coefficient (Wildman–Crippen LogP) is 4.47. The largest absolute Gasteiger partial charge is 0.373 e. The quantitative estimate of drug-likeness (QED) is 0.444. The Morgan fingerprint density at radius 3 is 2.76 bits per heavy atom. The van der Waals surface area contributed by atoms with Crippen LogP contribution in [-0.2, 0) is 18.8 Å². The summed E-state index contributed by atoms with van der Waals surface area (Å²) in [6.45, 7) is 2.34. The van der Waals surface area contributed by atoms with Gasteiger partial charge in [-0.2, -0.15) is 5.10 Å². The predicted molar refractivity (Wildman–Crippen MR) is 124 cm³/mol. The van der Waals surface area contributed by atoms with Crippen molar-refractivity contribution in [3.8, 4) is 11.3 Å². The van der Waals surface area contributed by atoms with Crippen LogP contribution in [0.1, 0.15) is 41.9 Å². The van der Waals surface area contributed by atoms with Gasteiger partial charge in [0, 0.05) is 54.7 Å². The summed E-state index contributed by atoms with van der Waals surface area (Å²) in [7, 11) is 3.52. The molecule has 0 spiro atoms. The van der Waals surface area contributed by atoms with Gasteiger partial charge in [-0.15, -0.1) is 0 Å². The minimum Gasteiger partial charge on any atom is -0.373 e. The average Bonchev–Trinajstić information content (AvgIpc) is 3.23. The third-order valence-corrected chi connectivity index (χ3v) is 6.52. The molecule has 1 aliphatic rings. The highest BCUT2D eigenvalue weighted by atomic mass is 35.5. The molecule has 0 saturated carbocycles. The SMILES string of the molecule is Cc1nc2cc([C@H]3CCO[C@@H](c4cnn(C)c4)C3)nc(-c3ccc(Cl)cc3F)c2c(=O)n1C. The van der Waals surface area contributed by atoms with E-state index < -0.39 is 5.82 Å². The Morgan fingerprint density at radius 1 is 1.21 bits per heavy atom. The minimum atomic E-state index is -0.531. The van der Waals surface area contributed by atoms with E-state index in [1.807, 2.05) is 25.5 Å². The fraction of sp³-hybridized carbons (Fsp3) is 0.333. The van der Waals surface area contributed by atoms with Crippen LogP contribution in [0.15, 0.2) is 41.5 Å². The van der Waals surface area contributed by atoms with Gasteiger partial charge in [0.25, 0.3) is 5.56 Å². The highest BCUT2D eigenvalue weighted by molar-refractivity contribution is 6.30. The molecule has 4 aromatic rings. The molecule has 5 rings (SSSR count). The number of ether oxygens (including phenoxy) is 1. The van der Waals surface area contributed by atoms with Crippen LogP contribution in [0.4, 0.5) is 4.39 Å². The van der Waals surface area contributed by atoms with E-state index in [9.17, 15) is 9.18 Å². The van der Waals surface area contributed by atoms with Gasteiger partial charge in [0.1, 0.15) is 11.6 Å². The van der Waals surface area contributed by atoms with E-state index in [4.69, 9.17) is 21.3 Å². The van der Waals surface area contributed by atoms with E-state index in [0.29, 0.717) is 29.8 Å². The van der Waals surface area contributed by atoms with Crippen LogP contribution in [0.2, 0.25) is 5.02 Å². The molecule has 7 nitrogen and oxygen atoms in total. The van der Waals surface area contributed by atoms with E-state index in [2.05, 4.69) is 10.1 Å². The Labute approximate surface area is 194 Å². The van der Waals surface area contributed by atoms with Gasteiger partial charge in [0.2, 0.25) is 0 Å². The number of aromatic nitrogens is 5. The molecule has 33 heavy (non-hydrogen) atoms. The first-order valence-corrected chi connectivity index (χ1v) is 11.1. The van der Waals surface area contributed by atoms with Gasteiger partial charge in [-0.1, -0.05) is 11.6 Å². The Morgan fingerprint density at radius 2 is 2.03 bits per heavy atom. The van der Waals surface area contributed by atoms with Gasteiger partial charge in [0.05, 0.1) is 28.9 Å². The number of fused-ring (bicyclic) bond motifs is 1. The van der Waals surface area contributed by atoms with Crippen molar-refractivity contribution in [2.75, 3.05) is 6.61 Å².